The lowest BCUT2D eigenvalue weighted by molar-refractivity contribution is -0.137. The maximum atomic E-state index is 12.8. The fourth-order valence-corrected chi connectivity index (χ4v) is 2.78. The van der Waals surface area contributed by atoms with Crippen LogP contribution in [0.25, 0.3) is 0 Å². The van der Waals surface area contributed by atoms with Gasteiger partial charge in [-0.3, -0.25) is 5.32 Å². The van der Waals surface area contributed by atoms with Crippen LogP contribution >= 0.6 is 0 Å². The highest BCUT2D eigenvalue weighted by Crippen LogP contribution is 2.44. The predicted octanol–water partition coefficient (Wildman–Crippen LogP) is 2.85. The Morgan fingerprint density at radius 2 is 1.90 bits per heavy atom. The second kappa shape index (κ2) is 4.37. The van der Waals surface area contributed by atoms with E-state index >= 15 is 0 Å². The van der Waals surface area contributed by atoms with Crippen LogP contribution in [-0.2, 0) is 16.5 Å². The Balaban J connectivity index is 2.11. The van der Waals surface area contributed by atoms with E-state index in [9.17, 15) is 18.0 Å². The first-order valence-corrected chi connectivity index (χ1v) is 6.33. The molecule has 3 rings (SSSR count). The number of halogens is 3. The van der Waals surface area contributed by atoms with Gasteiger partial charge in [-0.05, 0) is 31.3 Å². The molecule has 1 aromatic rings. The van der Waals surface area contributed by atoms with Crippen LogP contribution in [-0.4, -0.2) is 19.2 Å². The fraction of sp³-hybridized carbons (Fsp3) is 0.462. The van der Waals surface area contributed by atoms with Gasteiger partial charge in [0.1, 0.15) is 5.60 Å². The molecule has 0 atom stereocenters. The van der Waals surface area contributed by atoms with Gasteiger partial charge < -0.3 is 10.1 Å². The SMILES string of the molecule is O=C1Nc2ccc(C(F)(F)F)cc2C2(CCNCC2)O1. The van der Waals surface area contributed by atoms with Gasteiger partial charge in [0.15, 0.2) is 0 Å². The first kappa shape index (κ1) is 13.2. The number of benzene rings is 1. The van der Waals surface area contributed by atoms with Crippen molar-refractivity contribution in [3.05, 3.63) is 29.3 Å². The average molecular weight is 286 g/mol. The molecule has 20 heavy (non-hydrogen) atoms. The van der Waals surface area contributed by atoms with Gasteiger partial charge in [-0.25, -0.2) is 4.79 Å². The largest absolute Gasteiger partial charge is 0.438 e. The number of ether oxygens (including phenoxy) is 1. The summed E-state index contributed by atoms with van der Waals surface area (Å²) in [6, 6.07) is 3.35. The van der Waals surface area contributed by atoms with E-state index in [-0.39, 0.29) is 0 Å². The van der Waals surface area contributed by atoms with Gasteiger partial charge in [0.25, 0.3) is 0 Å². The number of fused-ring (bicyclic) bond motifs is 2. The molecule has 1 spiro atoms. The van der Waals surface area contributed by atoms with E-state index in [0.717, 1.165) is 12.1 Å². The summed E-state index contributed by atoms with van der Waals surface area (Å²) < 4.78 is 43.9. The summed E-state index contributed by atoms with van der Waals surface area (Å²) in [4.78, 5) is 11.6. The molecule has 7 heteroatoms. The fourth-order valence-electron chi connectivity index (χ4n) is 2.78. The molecule has 0 aliphatic carbocycles. The molecule has 1 fully saturated rings. The molecule has 2 N–H and O–H groups in total. The Bertz CT molecular complexity index is 551. The number of nitrogens with one attached hydrogen (secondary N) is 2. The summed E-state index contributed by atoms with van der Waals surface area (Å²) >= 11 is 0. The topological polar surface area (TPSA) is 50.4 Å². The summed E-state index contributed by atoms with van der Waals surface area (Å²) in [7, 11) is 0. The van der Waals surface area contributed by atoms with Gasteiger partial charge in [-0.2, -0.15) is 13.2 Å². The number of carbonyl (C=O) groups is 1. The molecular weight excluding hydrogens is 273 g/mol. The minimum atomic E-state index is -4.41. The lowest BCUT2D eigenvalue weighted by atomic mass is 9.82. The second-order valence-corrected chi connectivity index (χ2v) is 5.02. The summed E-state index contributed by atoms with van der Waals surface area (Å²) in [6.07, 6.45) is -4.09. The van der Waals surface area contributed by atoms with E-state index in [2.05, 4.69) is 10.6 Å². The van der Waals surface area contributed by atoms with E-state index in [1.807, 2.05) is 0 Å². The van der Waals surface area contributed by atoms with Crippen molar-refractivity contribution in [1.82, 2.24) is 5.32 Å². The maximum Gasteiger partial charge on any atom is 0.416 e. The van der Waals surface area contributed by atoms with Gasteiger partial charge in [0.2, 0.25) is 0 Å². The van der Waals surface area contributed by atoms with Crippen LogP contribution in [0.5, 0.6) is 0 Å². The van der Waals surface area contributed by atoms with Crippen molar-refractivity contribution in [1.29, 1.82) is 0 Å². The quantitative estimate of drug-likeness (QED) is 0.771. The van der Waals surface area contributed by atoms with E-state index in [1.165, 1.54) is 6.07 Å². The molecule has 0 radical (unpaired) electrons. The van der Waals surface area contributed by atoms with Crippen LogP contribution in [0, 0.1) is 0 Å². The minimum absolute atomic E-state index is 0.399. The zero-order chi connectivity index (χ0) is 14.4. The zero-order valence-corrected chi connectivity index (χ0v) is 10.5. The van der Waals surface area contributed by atoms with Crippen molar-refractivity contribution in [2.75, 3.05) is 18.4 Å². The number of hydrogen-bond acceptors (Lipinski definition) is 3. The lowest BCUT2D eigenvalue weighted by Gasteiger charge is -2.41. The minimum Gasteiger partial charge on any atom is -0.438 e. The van der Waals surface area contributed by atoms with Gasteiger partial charge in [-0.1, -0.05) is 0 Å². The number of hydrogen-bond donors (Lipinski definition) is 2. The molecular formula is C13H13F3N2O2. The Morgan fingerprint density at radius 3 is 2.55 bits per heavy atom. The normalized spacial score (nSPS) is 21.1. The summed E-state index contributed by atoms with van der Waals surface area (Å²) in [5.41, 5.74) is -0.872. The molecule has 1 amide bonds. The molecule has 2 heterocycles. The van der Waals surface area contributed by atoms with Gasteiger partial charge in [0, 0.05) is 18.4 Å². The van der Waals surface area contributed by atoms with Crippen molar-refractivity contribution >= 4 is 11.8 Å². The van der Waals surface area contributed by atoms with Crippen LogP contribution in [0.2, 0.25) is 0 Å². The summed E-state index contributed by atoms with van der Waals surface area (Å²) in [5.74, 6) is 0. The highest BCUT2D eigenvalue weighted by atomic mass is 19.4. The third-order valence-corrected chi connectivity index (χ3v) is 3.77. The molecule has 2 aliphatic heterocycles. The molecule has 2 aliphatic rings. The molecule has 1 saturated heterocycles. The Morgan fingerprint density at radius 1 is 1.20 bits per heavy atom. The van der Waals surface area contributed by atoms with Crippen molar-refractivity contribution in [3.63, 3.8) is 0 Å². The first-order chi connectivity index (χ1) is 9.41. The standard InChI is InChI=1S/C13H13F3N2O2/c14-13(15,16)8-1-2-10-9(7-8)12(20-11(19)18-10)3-5-17-6-4-12/h1-2,7,17H,3-6H2,(H,18,19). The number of alkyl halides is 3. The Hall–Kier alpha value is -1.76. The van der Waals surface area contributed by atoms with Gasteiger partial charge in [-0.15, -0.1) is 0 Å². The monoisotopic (exact) mass is 286 g/mol. The van der Waals surface area contributed by atoms with Crippen LogP contribution in [0.1, 0.15) is 24.0 Å². The van der Waals surface area contributed by atoms with Gasteiger partial charge >= 0.3 is 12.3 Å². The van der Waals surface area contributed by atoms with E-state index in [0.29, 0.717) is 37.2 Å². The Labute approximate surface area is 113 Å². The molecule has 0 unspecified atom stereocenters. The summed E-state index contributed by atoms with van der Waals surface area (Å²) in [5, 5.41) is 5.57. The Kier molecular flexibility index (Phi) is 2.89. The van der Waals surface area contributed by atoms with E-state index < -0.39 is 23.4 Å². The molecule has 0 bridgehead atoms. The van der Waals surface area contributed by atoms with E-state index in [4.69, 9.17) is 4.74 Å². The molecule has 4 nitrogen and oxygen atoms in total. The third kappa shape index (κ3) is 2.11. The van der Waals surface area contributed by atoms with Crippen LogP contribution in [0.4, 0.5) is 23.7 Å². The van der Waals surface area contributed by atoms with Crippen molar-refractivity contribution in [2.24, 2.45) is 0 Å². The molecule has 0 saturated carbocycles. The third-order valence-electron chi connectivity index (χ3n) is 3.77. The predicted molar refractivity (Wildman–Crippen MR) is 65.3 cm³/mol. The molecule has 108 valence electrons. The van der Waals surface area contributed by atoms with Crippen LogP contribution in [0.3, 0.4) is 0 Å². The molecule has 0 aromatic heterocycles. The van der Waals surface area contributed by atoms with E-state index in [1.54, 1.807) is 0 Å². The van der Waals surface area contributed by atoms with Crippen molar-refractivity contribution in [2.45, 2.75) is 24.6 Å². The number of anilines is 1. The van der Waals surface area contributed by atoms with Crippen molar-refractivity contribution < 1.29 is 22.7 Å². The van der Waals surface area contributed by atoms with Crippen LogP contribution < -0.4 is 10.6 Å². The summed E-state index contributed by atoms with van der Waals surface area (Å²) in [6.45, 7) is 1.20. The highest BCUT2D eigenvalue weighted by molar-refractivity contribution is 5.89. The number of carbonyl (C=O) groups excluding carboxylic acids is 1. The number of amides is 1. The van der Waals surface area contributed by atoms with Gasteiger partial charge in [0.05, 0.1) is 11.3 Å². The lowest BCUT2D eigenvalue weighted by Crippen LogP contribution is -2.47. The van der Waals surface area contributed by atoms with Crippen LogP contribution in [0.15, 0.2) is 18.2 Å². The first-order valence-electron chi connectivity index (χ1n) is 6.33. The second-order valence-electron chi connectivity index (χ2n) is 5.02. The zero-order valence-electron chi connectivity index (χ0n) is 10.5. The van der Waals surface area contributed by atoms with Crippen molar-refractivity contribution in [3.8, 4) is 0 Å². The maximum absolute atomic E-state index is 12.8. The average Bonchev–Trinajstić information content (AvgIpc) is 2.38. The number of rotatable bonds is 0. The number of piperidine rings is 1. The molecule has 1 aromatic carbocycles. The smallest absolute Gasteiger partial charge is 0.416 e. The highest BCUT2D eigenvalue weighted by Gasteiger charge is 2.44.